The Morgan fingerprint density at radius 2 is 2.00 bits per heavy atom. The molecular weight excluding hydrogens is 508 g/mol. The maximum absolute atomic E-state index is 9.18. The highest BCUT2D eigenvalue weighted by Gasteiger charge is 2.21. The lowest BCUT2D eigenvalue weighted by Gasteiger charge is -2.23. The van der Waals surface area contributed by atoms with Gasteiger partial charge in [-0.1, -0.05) is 69.5 Å². The Hall–Kier alpha value is -3.83. The van der Waals surface area contributed by atoms with Crippen LogP contribution in [0.15, 0.2) is 90.8 Å². The Kier molecular flexibility index (Phi) is 8.71. The van der Waals surface area contributed by atoms with Crippen LogP contribution in [-0.4, -0.2) is 10.7 Å². The number of aromatic nitrogens is 1. The predicted octanol–water partition coefficient (Wildman–Crippen LogP) is 8.84. The van der Waals surface area contributed by atoms with E-state index in [4.69, 9.17) is 0 Å². The van der Waals surface area contributed by atoms with Gasteiger partial charge in [-0.25, -0.2) is 0 Å². The second-order valence-corrected chi connectivity index (χ2v) is 11.8. The minimum atomic E-state index is 0.502. The number of hydrogen-bond donors (Lipinski definition) is 4. The van der Waals surface area contributed by atoms with Crippen LogP contribution in [0.5, 0.6) is 0 Å². The standard InChI is InChI=1S/C35H40N4S/c1-5-26(18-28(6-2)38-24(4)17-25-11-8-7-9-12-25)27-15-14-23(3)29(19-27)35(36)32-20-30-31(34-13-10-16-40-34)21-37-22-33(30)39-32/h5-6,10,13-16,18-21,25,36-39H,2,4,7-9,11-12,17,22H2,1,3H3/b26-5+,28-18+,36-35?. The quantitative estimate of drug-likeness (QED) is 0.151. The van der Waals surface area contributed by atoms with Gasteiger partial charge in [-0.3, -0.25) is 5.41 Å². The summed E-state index contributed by atoms with van der Waals surface area (Å²) in [6.07, 6.45) is 15.9. The smallest absolute Gasteiger partial charge is 0.0850 e. The molecule has 5 rings (SSSR count). The summed E-state index contributed by atoms with van der Waals surface area (Å²) in [7, 11) is 0. The van der Waals surface area contributed by atoms with Gasteiger partial charge in [-0.2, -0.15) is 0 Å². The molecule has 0 bridgehead atoms. The minimum absolute atomic E-state index is 0.502. The average molecular weight is 549 g/mol. The van der Waals surface area contributed by atoms with Crippen LogP contribution >= 0.6 is 11.3 Å². The van der Waals surface area contributed by atoms with Crippen molar-refractivity contribution in [3.05, 3.63) is 129 Å². The summed E-state index contributed by atoms with van der Waals surface area (Å²) in [6, 6.07) is 12.7. The Balaban J connectivity index is 1.36. The Morgan fingerprint density at radius 1 is 1.18 bits per heavy atom. The number of H-pyrrole nitrogens is 1. The van der Waals surface area contributed by atoms with E-state index in [0.717, 1.165) is 63.9 Å². The lowest BCUT2D eigenvalue weighted by molar-refractivity contribution is 0.353. The minimum Gasteiger partial charge on any atom is -0.385 e. The van der Waals surface area contributed by atoms with Gasteiger partial charge in [0.05, 0.1) is 18.0 Å². The van der Waals surface area contributed by atoms with E-state index in [1.807, 2.05) is 6.08 Å². The molecule has 3 heterocycles. The molecule has 40 heavy (non-hydrogen) atoms. The molecule has 4 N–H and O–H groups in total. The molecule has 206 valence electrons. The fourth-order valence-corrected chi connectivity index (χ4v) is 6.59. The maximum atomic E-state index is 9.18. The third-order valence-corrected chi connectivity index (χ3v) is 8.94. The van der Waals surface area contributed by atoms with Crippen LogP contribution in [0.4, 0.5) is 0 Å². The summed E-state index contributed by atoms with van der Waals surface area (Å²) >= 11 is 1.73. The Labute approximate surface area is 242 Å². The van der Waals surface area contributed by atoms with Gasteiger partial charge in [-0.05, 0) is 78.6 Å². The first-order valence-electron chi connectivity index (χ1n) is 14.3. The number of thiophene rings is 1. The summed E-state index contributed by atoms with van der Waals surface area (Å²) in [4.78, 5) is 4.75. The number of fused-ring (bicyclic) bond motifs is 1. The van der Waals surface area contributed by atoms with E-state index in [-0.39, 0.29) is 0 Å². The first-order valence-corrected chi connectivity index (χ1v) is 15.2. The van der Waals surface area contributed by atoms with Crippen molar-refractivity contribution in [2.75, 3.05) is 0 Å². The number of aryl methyl sites for hydroxylation is 1. The van der Waals surface area contributed by atoms with Gasteiger partial charge in [0, 0.05) is 44.9 Å². The fraction of sp³-hybridized carbons (Fsp3) is 0.286. The van der Waals surface area contributed by atoms with Crippen molar-refractivity contribution in [1.82, 2.24) is 15.6 Å². The van der Waals surface area contributed by atoms with E-state index < -0.39 is 0 Å². The number of aromatic amines is 1. The highest BCUT2D eigenvalue weighted by molar-refractivity contribution is 7.11. The average Bonchev–Trinajstić information content (AvgIpc) is 3.66. The molecular formula is C35H40N4S. The molecule has 0 saturated heterocycles. The van der Waals surface area contributed by atoms with Gasteiger partial charge < -0.3 is 15.6 Å². The van der Waals surface area contributed by atoms with Crippen LogP contribution in [0.2, 0.25) is 0 Å². The molecule has 5 heteroatoms. The monoisotopic (exact) mass is 548 g/mol. The number of allylic oxidation sites excluding steroid dienone is 5. The summed E-state index contributed by atoms with van der Waals surface area (Å²) in [5.41, 5.74) is 11.0. The van der Waals surface area contributed by atoms with Crippen molar-refractivity contribution in [1.29, 1.82) is 5.41 Å². The number of rotatable bonds is 10. The molecule has 1 saturated carbocycles. The SMILES string of the molecule is C=C/C(=C\C(=C/C)c1ccc(C)c(C(=N)c2cc3c([nH]2)CNC=C3c2cccs2)c1)NC(=C)CC1CCCCC1. The molecule has 1 fully saturated rings. The third kappa shape index (κ3) is 6.15. The first-order chi connectivity index (χ1) is 19.5. The first kappa shape index (κ1) is 27.7. The lowest BCUT2D eigenvalue weighted by Crippen LogP contribution is -2.16. The second-order valence-electron chi connectivity index (χ2n) is 10.9. The number of benzene rings is 1. The van der Waals surface area contributed by atoms with E-state index in [1.54, 1.807) is 11.3 Å². The fourth-order valence-electron chi connectivity index (χ4n) is 5.84. The highest BCUT2D eigenvalue weighted by Crippen LogP contribution is 2.33. The third-order valence-electron chi connectivity index (χ3n) is 8.03. The zero-order valence-corrected chi connectivity index (χ0v) is 24.5. The molecule has 2 aromatic heterocycles. The topological polar surface area (TPSA) is 63.7 Å². The predicted molar refractivity (Wildman–Crippen MR) is 172 cm³/mol. The molecule has 0 spiro atoms. The van der Waals surface area contributed by atoms with Crippen molar-refractivity contribution >= 4 is 28.2 Å². The molecule has 4 nitrogen and oxygen atoms in total. The van der Waals surface area contributed by atoms with E-state index in [2.05, 4.69) is 103 Å². The molecule has 3 aromatic rings. The largest absolute Gasteiger partial charge is 0.385 e. The van der Waals surface area contributed by atoms with Gasteiger partial charge in [-0.15, -0.1) is 11.3 Å². The zero-order chi connectivity index (χ0) is 28.1. The molecule has 0 radical (unpaired) electrons. The summed E-state index contributed by atoms with van der Waals surface area (Å²) < 4.78 is 0. The van der Waals surface area contributed by atoms with Crippen molar-refractivity contribution in [3.8, 4) is 0 Å². The van der Waals surface area contributed by atoms with Gasteiger partial charge in [0.25, 0.3) is 0 Å². The van der Waals surface area contributed by atoms with Crippen LogP contribution < -0.4 is 10.6 Å². The molecule has 0 amide bonds. The van der Waals surface area contributed by atoms with Gasteiger partial charge >= 0.3 is 0 Å². The maximum Gasteiger partial charge on any atom is 0.0850 e. The van der Waals surface area contributed by atoms with Crippen molar-refractivity contribution in [2.24, 2.45) is 5.92 Å². The van der Waals surface area contributed by atoms with Crippen molar-refractivity contribution < 1.29 is 0 Å². The molecule has 1 aromatic carbocycles. The second kappa shape index (κ2) is 12.6. The van der Waals surface area contributed by atoms with Crippen LogP contribution in [0.25, 0.3) is 11.1 Å². The molecule has 2 aliphatic rings. The summed E-state index contributed by atoms with van der Waals surface area (Å²) in [6.45, 7) is 13.2. The lowest BCUT2D eigenvalue weighted by atomic mass is 9.86. The van der Waals surface area contributed by atoms with Crippen LogP contribution in [-0.2, 0) is 6.54 Å². The van der Waals surface area contributed by atoms with Gasteiger partial charge in [0.1, 0.15) is 0 Å². The Bertz CT molecular complexity index is 1490. The molecule has 0 unspecified atom stereocenters. The van der Waals surface area contributed by atoms with E-state index in [9.17, 15) is 5.41 Å². The van der Waals surface area contributed by atoms with Crippen molar-refractivity contribution in [2.45, 2.75) is 58.9 Å². The summed E-state index contributed by atoms with van der Waals surface area (Å²) in [5.74, 6) is 0.734. The van der Waals surface area contributed by atoms with E-state index >= 15 is 0 Å². The Morgan fingerprint density at radius 3 is 2.73 bits per heavy atom. The van der Waals surface area contributed by atoms with Crippen LogP contribution in [0.3, 0.4) is 0 Å². The number of nitrogens with one attached hydrogen (secondary N) is 4. The van der Waals surface area contributed by atoms with Crippen molar-refractivity contribution in [3.63, 3.8) is 0 Å². The van der Waals surface area contributed by atoms with E-state index in [1.165, 1.54) is 48.1 Å². The molecule has 1 aliphatic carbocycles. The van der Waals surface area contributed by atoms with Gasteiger partial charge in [0.2, 0.25) is 0 Å². The zero-order valence-electron chi connectivity index (χ0n) is 23.7. The number of hydrogen-bond acceptors (Lipinski definition) is 4. The normalized spacial score (nSPS) is 16.1. The molecule has 0 atom stereocenters. The highest BCUT2D eigenvalue weighted by atomic mass is 32.1. The van der Waals surface area contributed by atoms with Gasteiger partial charge in [0.15, 0.2) is 0 Å². The van der Waals surface area contributed by atoms with Crippen LogP contribution in [0, 0.1) is 18.3 Å². The van der Waals surface area contributed by atoms with E-state index in [0.29, 0.717) is 5.71 Å². The van der Waals surface area contributed by atoms with Crippen LogP contribution in [0.1, 0.15) is 84.0 Å². The summed E-state index contributed by atoms with van der Waals surface area (Å²) in [5, 5.41) is 18.2. The molecule has 1 aliphatic heterocycles.